The standard InChI is InChI=1S/C17H32N4O6S/c1-5-9(2)13(16(25)21-14(10(3)22)17(26)27)20-15(24)11(6-7-28-4)19-12(23)8-18/h9-11,13-14,22H,5-8,18H2,1-4H3,(H,19,23)(H,20,24)(H,21,25)(H,26,27). The van der Waals surface area contributed by atoms with Gasteiger partial charge in [0.2, 0.25) is 17.7 Å². The molecule has 3 amide bonds. The molecule has 28 heavy (non-hydrogen) atoms. The third-order valence-corrected chi connectivity index (χ3v) is 4.93. The minimum absolute atomic E-state index is 0.271. The number of carbonyl (C=O) groups excluding carboxylic acids is 3. The molecule has 0 aliphatic rings. The van der Waals surface area contributed by atoms with Gasteiger partial charge in [-0.05, 0) is 31.3 Å². The van der Waals surface area contributed by atoms with E-state index in [1.54, 1.807) is 6.92 Å². The number of hydrogen-bond donors (Lipinski definition) is 6. The van der Waals surface area contributed by atoms with E-state index in [4.69, 9.17) is 10.8 Å². The van der Waals surface area contributed by atoms with Gasteiger partial charge in [-0.2, -0.15) is 11.8 Å². The number of nitrogens with one attached hydrogen (secondary N) is 3. The summed E-state index contributed by atoms with van der Waals surface area (Å²) in [5.74, 6) is -2.85. The van der Waals surface area contributed by atoms with E-state index in [0.29, 0.717) is 18.6 Å². The summed E-state index contributed by atoms with van der Waals surface area (Å²) < 4.78 is 0. The molecule has 0 aromatic carbocycles. The van der Waals surface area contributed by atoms with Crippen LogP contribution in [0.2, 0.25) is 0 Å². The molecule has 5 atom stereocenters. The minimum Gasteiger partial charge on any atom is -0.480 e. The number of carbonyl (C=O) groups is 4. The van der Waals surface area contributed by atoms with Crippen molar-refractivity contribution in [3.05, 3.63) is 0 Å². The largest absolute Gasteiger partial charge is 0.480 e. The van der Waals surface area contributed by atoms with E-state index in [1.165, 1.54) is 18.7 Å². The highest BCUT2D eigenvalue weighted by atomic mass is 32.2. The highest BCUT2D eigenvalue weighted by Crippen LogP contribution is 2.10. The average molecular weight is 421 g/mol. The van der Waals surface area contributed by atoms with Crippen LogP contribution in [0.25, 0.3) is 0 Å². The van der Waals surface area contributed by atoms with Gasteiger partial charge in [0.05, 0.1) is 12.6 Å². The number of carboxylic acids is 1. The van der Waals surface area contributed by atoms with E-state index in [1.807, 2.05) is 13.2 Å². The van der Waals surface area contributed by atoms with Crippen molar-refractivity contribution in [2.24, 2.45) is 11.7 Å². The van der Waals surface area contributed by atoms with Crippen molar-refractivity contribution in [3.8, 4) is 0 Å². The van der Waals surface area contributed by atoms with Crippen LogP contribution in [0, 0.1) is 5.92 Å². The number of carboxylic acid groups (broad SMARTS) is 1. The molecule has 0 spiro atoms. The normalized spacial score (nSPS) is 16.2. The molecule has 5 unspecified atom stereocenters. The molecular formula is C17H32N4O6S. The Morgan fingerprint density at radius 2 is 1.61 bits per heavy atom. The predicted octanol–water partition coefficient (Wildman–Crippen LogP) is -1.34. The molecule has 0 aliphatic heterocycles. The van der Waals surface area contributed by atoms with Gasteiger partial charge in [0, 0.05) is 0 Å². The third kappa shape index (κ3) is 8.89. The second-order valence-corrected chi connectivity index (χ2v) is 7.53. The van der Waals surface area contributed by atoms with Crippen molar-refractivity contribution in [3.63, 3.8) is 0 Å². The Morgan fingerprint density at radius 3 is 2.04 bits per heavy atom. The summed E-state index contributed by atoms with van der Waals surface area (Å²) in [7, 11) is 0. The van der Waals surface area contributed by atoms with Crippen LogP contribution in [0.15, 0.2) is 0 Å². The lowest BCUT2D eigenvalue weighted by atomic mass is 9.97. The van der Waals surface area contributed by atoms with Crippen LogP contribution in [0.4, 0.5) is 0 Å². The minimum atomic E-state index is -1.50. The van der Waals surface area contributed by atoms with Crippen molar-refractivity contribution in [1.29, 1.82) is 0 Å². The number of nitrogens with two attached hydrogens (primary N) is 1. The Balaban J connectivity index is 5.36. The van der Waals surface area contributed by atoms with Gasteiger partial charge in [-0.15, -0.1) is 0 Å². The summed E-state index contributed by atoms with van der Waals surface area (Å²) in [6.07, 6.45) is 1.43. The second kappa shape index (κ2) is 13.3. The van der Waals surface area contributed by atoms with Crippen molar-refractivity contribution >= 4 is 35.5 Å². The van der Waals surface area contributed by atoms with Gasteiger partial charge in [0.25, 0.3) is 0 Å². The van der Waals surface area contributed by atoms with Crippen molar-refractivity contribution < 1.29 is 29.4 Å². The first-order chi connectivity index (χ1) is 13.1. The molecule has 162 valence electrons. The second-order valence-electron chi connectivity index (χ2n) is 6.54. The van der Waals surface area contributed by atoms with Crippen molar-refractivity contribution in [2.75, 3.05) is 18.6 Å². The SMILES string of the molecule is CCC(C)C(NC(=O)C(CCSC)NC(=O)CN)C(=O)NC(C(=O)O)C(C)O. The number of thioether (sulfide) groups is 1. The van der Waals surface area contributed by atoms with Crippen molar-refractivity contribution in [1.82, 2.24) is 16.0 Å². The molecule has 0 aromatic rings. The first-order valence-corrected chi connectivity index (χ1v) is 10.5. The smallest absolute Gasteiger partial charge is 0.328 e. The molecule has 0 radical (unpaired) electrons. The van der Waals surface area contributed by atoms with Gasteiger partial charge in [-0.25, -0.2) is 4.79 Å². The van der Waals surface area contributed by atoms with E-state index in [0.717, 1.165) is 0 Å². The molecular weight excluding hydrogens is 388 g/mol. The molecule has 7 N–H and O–H groups in total. The zero-order valence-electron chi connectivity index (χ0n) is 16.7. The average Bonchev–Trinajstić information content (AvgIpc) is 2.65. The molecule has 0 heterocycles. The lowest BCUT2D eigenvalue weighted by Gasteiger charge is -2.28. The summed E-state index contributed by atoms with van der Waals surface area (Å²) in [6, 6.07) is -3.39. The lowest BCUT2D eigenvalue weighted by Crippen LogP contribution is -2.59. The van der Waals surface area contributed by atoms with Gasteiger partial charge in [0.15, 0.2) is 6.04 Å². The Bertz CT molecular complexity index is 546. The number of aliphatic carboxylic acids is 1. The van der Waals surface area contributed by atoms with E-state index in [9.17, 15) is 24.3 Å². The summed E-state index contributed by atoms with van der Waals surface area (Å²) in [5.41, 5.74) is 5.29. The van der Waals surface area contributed by atoms with Crippen LogP contribution in [-0.2, 0) is 19.2 Å². The molecule has 0 bridgehead atoms. The Hall–Kier alpha value is -1.85. The molecule has 0 fully saturated rings. The summed E-state index contributed by atoms with van der Waals surface area (Å²) in [4.78, 5) is 48.1. The number of rotatable bonds is 13. The summed E-state index contributed by atoms with van der Waals surface area (Å²) >= 11 is 1.50. The molecule has 0 rings (SSSR count). The Labute approximate surface area is 169 Å². The van der Waals surface area contributed by atoms with Crippen LogP contribution >= 0.6 is 11.8 Å². The number of hydrogen-bond acceptors (Lipinski definition) is 7. The van der Waals surface area contributed by atoms with Crippen LogP contribution in [0.5, 0.6) is 0 Å². The zero-order chi connectivity index (χ0) is 21.9. The topological polar surface area (TPSA) is 171 Å². The molecule has 0 saturated carbocycles. The van der Waals surface area contributed by atoms with Gasteiger partial charge in [0.1, 0.15) is 12.1 Å². The first kappa shape index (κ1) is 26.1. The van der Waals surface area contributed by atoms with E-state index >= 15 is 0 Å². The fourth-order valence-electron chi connectivity index (χ4n) is 2.35. The van der Waals surface area contributed by atoms with Gasteiger partial charge >= 0.3 is 5.97 Å². The molecule has 0 saturated heterocycles. The highest BCUT2D eigenvalue weighted by Gasteiger charge is 2.33. The number of amides is 3. The Kier molecular flexibility index (Phi) is 12.5. The highest BCUT2D eigenvalue weighted by molar-refractivity contribution is 7.98. The maximum atomic E-state index is 12.7. The number of aliphatic hydroxyl groups excluding tert-OH is 1. The number of aliphatic hydroxyl groups is 1. The maximum absolute atomic E-state index is 12.7. The summed E-state index contributed by atoms with van der Waals surface area (Å²) in [5, 5.41) is 26.1. The van der Waals surface area contributed by atoms with Crippen LogP contribution in [0.1, 0.15) is 33.6 Å². The fourth-order valence-corrected chi connectivity index (χ4v) is 2.82. The van der Waals surface area contributed by atoms with Gasteiger partial charge < -0.3 is 31.9 Å². The van der Waals surface area contributed by atoms with Crippen LogP contribution < -0.4 is 21.7 Å². The van der Waals surface area contributed by atoms with E-state index < -0.39 is 47.9 Å². The molecule has 0 aliphatic carbocycles. The quantitative estimate of drug-likeness (QED) is 0.213. The molecule has 0 aromatic heterocycles. The van der Waals surface area contributed by atoms with Gasteiger partial charge in [-0.3, -0.25) is 14.4 Å². The van der Waals surface area contributed by atoms with Crippen molar-refractivity contribution in [2.45, 2.75) is 57.8 Å². The van der Waals surface area contributed by atoms with E-state index in [-0.39, 0.29) is 12.5 Å². The predicted molar refractivity (Wildman–Crippen MR) is 107 cm³/mol. The lowest BCUT2D eigenvalue weighted by molar-refractivity contribution is -0.145. The first-order valence-electron chi connectivity index (χ1n) is 9.08. The van der Waals surface area contributed by atoms with E-state index in [2.05, 4.69) is 16.0 Å². The maximum Gasteiger partial charge on any atom is 0.328 e. The van der Waals surface area contributed by atoms with Crippen LogP contribution in [0.3, 0.4) is 0 Å². The molecule has 10 nitrogen and oxygen atoms in total. The third-order valence-electron chi connectivity index (χ3n) is 4.29. The van der Waals surface area contributed by atoms with Crippen LogP contribution in [-0.4, -0.2) is 76.7 Å². The Morgan fingerprint density at radius 1 is 1.04 bits per heavy atom. The summed E-state index contributed by atoms with van der Waals surface area (Å²) in [6.45, 7) is 4.53. The monoisotopic (exact) mass is 420 g/mol. The fraction of sp³-hybridized carbons (Fsp3) is 0.765. The zero-order valence-corrected chi connectivity index (χ0v) is 17.5. The van der Waals surface area contributed by atoms with Gasteiger partial charge in [-0.1, -0.05) is 20.3 Å². The molecule has 11 heteroatoms.